The molecule has 0 spiro atoms. The number of thiazole rings is 1. The molecule has 0 saturated carbocycles. The lowest BCUT2D eigenvalue weighted by atomic mass is 10.0. The topological polar surface area (TPSA) is 105 Å². The maximum atomic E-state index is 13.1. The van der Waals surface area contributed by atoms with E-state index in [0.717, 1.165) is 22.0 Å². The summed E-state index contributed by atoms with van der Waals surface area (Å²) in [4.78, 5) is 32.6. The summed E-state index contributed by atoms with van der Waals surface area (Å²) in [5, 5.41) is 8.86. The molecular formula is C24H24N4O4S. The van der Waals surface area contributed by atoms with E-state index in [4.69, 9.17) is 9.47 Å². The predicted molar refractivity (Wildman–Crippen MR) is 129 cm³/mol. The number of fused-ring (bicyclic) bond motifs is 1. The zero-order chi connectivity index (χ0) is 23.4. The standard InChI is InChI=1S/C24H24N4O4S/c1-14(29)26-20(10-15-12-25-19-7-5-4-6-17(15)19)23(30)28-24-27-21(13-33-24)18-11-16(31-2)8-9-22(18)32-3/h4-9,11-13,20,25H,10H2,1-3H3,(H,26,29)(H,27,28,30)/t20-/m0/s1. The van der Waals surface area contributed by atoms with E-state index < -0.39 is 6.04 Å². The number of methoxy groups -OCH3 is 2. The highest BCUT2D eigenvalue weighted by Crippen LogP contribution is 2.35. The molecule has 0 aliphatic rings. The molecule has 3 N–H and O–H groups in total. The van der Waals surface area contributed by atoms with Crippen LogP contribution in [0.1, 0.15) is 12.5 Å². The molecule has 0 aliphatic carbocycles. The van der Waals surface area contributed by atoms with Gasteiger partial charge in [0.2, 0.25) is 11.8 Å². The van der Waals surface area contributed by atoms with Gasteiger partial charge in [-0.05, 0) is 29.8 Å². The molecule has 0 aliphatic heterocycles. The number of hydrogen-bond acceptors (Lipinski definition) is 6. The summed E-state index contributed by atoms with van der Waals surface area (Å²) in [6.07, 6.45) is 2.21. The van der Waals surface area contributed by atoms with E-state index >= 15 is 0 Å². The van der Waals surface area contributed by atoms with E-state index in [1.54, 1.807) is 26.4 Å². The van der Waals surface area contributed by atoms with Crippen LogP contribution >= 0.6 is 11.3 Å². The molecule has 170 valence electrons. The molecule has 4 rings (SSSR count). The molecule has 2 amide bonds. The van der Waals surface area contributed by atoms with Crippen molar-refractivity contribution in [3.8, 4) is 22.8 Å². The van der Waals surface area contributed by atoms with E-state index in [-0.39, 0.29) is 11.8 Å². The van der Waals surface area contributed by atoms with Crippen LogP contribution in [-0.2, 0) is 16.0 Å². The number of aromatic nitrogens is 2. The molecule has 0 fully saturated rings. The minimum absolute atomic E-state index is 0.282. The molecule has 2 aromatic carbocycles. The number of aromatic amines is 1. The fourth-order valence-corrected chi connectivity index (χ4v) is 4.35. The molecular weight excluding hydrogens is 440 g/mol. The van der Waals surface area contributed by atoms with Crippen LogP contribution in [0.4, 0.5) is 5.13 Å². The summed E-state index contributed by atoms with van der Waals surface area (Å²) in [5.41, 5.74) is 3.33. The summed E-state index contributed by atoms with van der Waals surface area (Å²) in [6.45, 7) is 1.39. The fourth-order valence-electron chi connectivity index (χ4n) is 3.64. The van der Waals surface area contributed by atoms with Crippen molar-refractivity contribution in [3.05, 3.63) is 59.6 Å². The number of carbonyl (C=O) groups is 2. The first-order valence-electron chi connectivity index (χ1n) is 10.3. The van der Waals surface area contributed by atoms with E-state index in [1.165, 1.54) is 18.3 Å². The molecule has 1 atom stereocenters. The van der Waals surface area contributed by atoms with Crippen LogP contribution in [0, 0.1) is 0 Å². The third-order valence-electron chi connectivity index (χ3n) is 5.21. The maximum absolute atomic E-state index is 13.1. The highest BCUT2D eigenvalue weighted by Gasteiger charge is 2.23. The second kappa shape index (κ2) is 9.74. The highest BCUT2D eigenvalue weighted by molar-refractivity contribution is 7.14. The molecule has 9 heteroatoms. The number of amides is 2. The Kier molecular flexibility index (Phi) is 6.60. The van der Waals surface area contributed by atoms with Crippen LogP contribution in [0.15, 0.2) is 54.0 Å². The summed E-state index contributed by atoms with van der Waals surface area (Å²) in [7, 11) is 3.18. The number of rotatable bonds is 8. The number of carbonyl (C=O) groups excluding carboxylic acids is 2. The SMILES string of the molecule is COc1ccc(OC)c(-c2csc(NC(=O)[C@H](Cc3c[nH]c4ccccc34)NC(C)=O)n2)c1. The Labute approximate surface area is 195 Å². The third kappa shape index (κ3) is 4.98. The maximum Gasteiger partial charge on any atom is 0.249 e. The van der Waals surface area contributed by atoms with Crippen LogP contribution in [0.25, 0.3) is 22.2 Å². The van der Waals surface area contributed by atoms with Crippen molar-refractivity contribution in [3.63, 3.8) is 0 Å². The van der Waals surface area contributed by atoms with Crippen LogP contribution < -0.4 is 20.1 Å². The van der Waals surface area contributed by atoms with Gasteiger partial charge in [0.25, 0.3) is 0 Å². The van der Waals surface area contributed by atoms with Crippen molar-refractivity contribution >= 4 is 39.2 Å². The molecule has 0 saturated heterocycles. The van der Waals surface area contributed by atoms with E-state index in [1.807, 2.05) is 41.9 Å². The fraction of sp³-hybridized carbons (Fsp3) is 0.208. The first kappa shape index (κ1) is 22.3. The van der Waals surface area contributed by atoms with E-state index in [2.05, 4.69) is 20.6 Å². The lowest BCUT2D eigenvalue weighted by Gasteiger charge is -2.16. The summed E-state index contributed by atoms with van der Waals surface area (Å²) in [5.74, 6) is 0.702. The van der Waals surface area contributed by atoms with E-state index in [0.29, 0.717) is 28.7 Å². The molecule has 2 aromatic heterocycles. The van der Waals surface area contributed by atoms with Gasteiger partial charge in [-0.25, -0.2) is 4.98 Å². The van der Waals surface area contributed by atoms with Gasteiger partial charge in [-0.1, -0.05) is 18.2 Å². The Hall–Kier alpha value is -3.85. The second-order valence-corrected chi connectivity index (χ2v) is 8.27. The third-order valence-corrected chi connectivity index (χ3v) is 5.97. The lowest BCUT2D eigenvalue weighted by molar-refractivity contribution is -0.125. The van der Waals surface area contributed by atoms with Gasteiger partial charge in [-0.2, -0.15) is 0 Å². The van der Waals surface area contributed by atoms with Gasteiger partial charge in [0.15, 0.2) is 5.13 Å². The predicted octanol–water partition coefficient (Wildman–Crippen LogP) is 3.99. The number of ether oxygens (including phenoxy) is 2. The van der Waals surface area contributed by atoms with Gasteiger partial charge in [0.1, 0.15) is 17.5 Å². The molecule has 0 bridgehead atoms. The second-order valence-electron chi connectivity index (χ2n) is 7.41. The number of H-pyrrole nitrogens is 1. The van der Waals surface area contributed by atoms with Gasteiger partial charge < -0.3 is 25.1 Å². The summed E-state index contributed by atoms with van der Waals surface area (Å²) in [6, 6.07) is 12.5. The van der Waals surface area contributed by atoms with Gasteiger partial charge in [0.05, 0.1) is 19.9 Å². The monoisotopic (exact) mass is 464 g/mol. The minimum atomic E-state index is -0.750. The smallest absolute Gasteiger partial charge is 0.249 e. The molecule has 0 radical (unpaired) electrons. The Balaban J connectivity index is 1.54. The summed E-state index contributed by atoms with van der Waals surface area (Å²) < 4.78 is 10.7. The average Bonchev–Trinajstić information content (AvgIpc) is 3.45. The molecule has 2 heterocycles. The number of hydrogen-bond donors (Lipinski definition) is 3. The summed E-state index contributed by atoms with van der Waals surface area (Å²) >= 11 is 1.29. The largest absolute Gasteiger partial charge is 0.497 e. The number of anilines is 1. The Morgan fingerprint density at radius 2 is 1.97 bits per heavy atom. The quantitative estimate of drug-likeness (QED) is 0.366. The first-order chi connectivity index (χ1) is 16.0. The number of nitrogens with zero attached hydrogens (tertiary/aromatic N) is 1. The Morgan fingerprint density at radius 1 is 1.15 bits per heavy atom. The van der Waals surface area contributed by atoms with Crippen LogP contribution in [0.5, 0.6) is 11.5 Å². The number of para-hydroxylation sites is 1. The highest BCUT2D eigenvalue weighted by atomic mass is 32.1. The van der Waals surface area contributed by atoms with Crippen molar-refractivity contribution < 1.29 is 19.1 Å². The number of benzene rings is 2. The van der Waals surface area contributed by atoms with Crippen molar-refractivity contribution in [2.24, 2.45) is 0 Å². The molecule has 0 unspecified atom stereocenters. The lowest BCUT2D eigenvalue weighted by Crippen LogP contribution is -2.44. The molecule has 33 heavy (non-hydrogen) atoms. The number of nitrogens with one attached hydrogen (secondary N) is 3. The van der Waals surface area contributed by atoms with Crippen molar-refractivity contribution in [2.75, 3.05) is 19.5 Å². The Bertz CT molecular complexity index is 1300. The van der Waals surface area contributed by atoms with Crippen LogP contribution in [0.2, 0.25) is 0 Å². The minimum Gasteiger partial charge on any atom is -0.497 e. The average molecular weight is 465 g/mol. The van der Waals surface area contributed by atoms with Crippen LogP contribution in [-0.4, -0.2) is 42.0 Å². The van der Waals surface area contributed by atoms with Crippen molar-refractivity contribution in [2.45, 2.75) is 19.4 Å². The normalized spacial score (nSPS) is 11.7. The van der Waals surface area contributed by atoms with E-state index in [9.17, 15) is 9.59 Å². The van der Waals surface area contributed by atoms with Gasteiger partial charge in [-0.3, -0.25) is 9.59 Å². The Morgan fingerprint density at radius 3 is 2.73 bits per heavy atom. The van der Waals surface area contributed by atoms with Gasteiger partial charge in [0, 0.05) is 41.4 Å². The zero-order valence-corrected chi connectivity index (χ0v) is 19.3. The van der Waals surface area contributed by atoms with Gasteiger partial charge in [-0.15, -0.1) is 11.3 Å². The van der Waals surface area contributed by atoms with Crippen LogP contribution in [0.3, 0.4) is 0 Å². The zero-order valence-electron chi connectivity index (χ0n) is 18.5. The van der Waals surface area contributed by atoms with Gasteiger partial charge >= 0.3 is 0 Å². The molecule has 8 nitrogen and oxygen atoms in total. The van der Waals surface area contributed by atoms with Crippen molar-refractivity contribution in [1.82, 2.24) is 15.3 Å². The first-order valence-corrected chi connectivity index (χ1v) is 11.2. The molecule has 4 aromatic rings. The van der Waals surface area contributed by atoms with Crippen molar-refractivity contribution in [1.29, 1.82) is 0 Å².